The van der Waals surface area contributed by atoms with E-state index in [2.05, 4.69) is 27.6 Å². The summed E-state index contributed by atoms with van der Waals surface area (Å²) in [7, 11) is 1.51. The number of amides is 1. The summed E-state index contributed by atoms with van der Waals surface area (Å²) in [6, 6.07) is 8.68. The Morgan fingerprint density at radius 3 is 2.59 bits per heavy atom. The molecule has 0 aliphatic carbocycles. The highest BCUT2D eigenvalue weighted by Gasteiger charge is 2.30. The van der Waals surface area contributed by atoms with E-state index in [4.69, 9.17) is 19.9 Å². The van der Waals surface area contributed by atoms with Gasteiger partial charge in [0.25, 0.3) is 0 Å². The molecule has 1 aromatic heterocycles. The van der Waals surface area contributed by atoms with E-state index in [0.29, 0.717) is 0 Å². The van der Waals surface area contributed by atoms with Crippen LogP contribution in [0.25, 0.3) is 0 Å². The quantitative estimate of drug-likeness (QED) is 0.233. The topological polar surface area (TPSA) is 130 Å². The van der Waals surface area contributed by atoms with Crippen molar-refractivity contribution in [2.75, 3.05) is 37.6 Å². The van der Waals surface area contributed by atoms with Crippen molar-refractivity contribution in [3.63, 3.8) is 0 Å². The summed E-state index contributed by atoms with van der Waals surface area (Å²) in [6.07, 6.45) is -0.748. The van der Waals surface area contributed by atoms with Crippen LogP contribution in [0.1, 0.15) is 12.5 Å². The first-order valence-electron chi connectivity index (χ1n) is 8.62. The smallest absolute Gasteiger partial charge is 0.414 e. The minimum absolute atomic E-state index is 0.0389. The molecule has 2 aromatic rings. The van der Waals surface area contributed by atoms with Gasteiger partial charge in [0.1, 0.15) is 12.3 Å². The molecule has 1 aromatic carbocycles. The average Bonchev–Trinajstić information content (AvgIpc) is 2.67. The van der Waals surface area contributed by atoms with Crippen molar-refractivity contribution >= 4 is 45.9 Å². The van der Waals surface area contributed by atoms with Gasteiger partial charge in [-0.2, -0.15) is 4.98 Å². The third-order valence-electron chi connectivity index (χ3n) is 3.73. The lowest BCUT2D eigenvalue weighted by Crippen LogP contribution is -2.32. The summed E-state index contributed by atoms with van der Waals surface area (Å²) < 4.78 is 16.5. The number of ether oxygens (including phenoxy) is 3. The van der Waals surface area contributed by atoms with Gasteiger partial charge in [0.15, 0.2) is 0 Å². The molecule has 0 saturated carbocycles. The number of anilines is 2. The second-order valence-electron chi connectivity index (χ2n) is 5.72. The zero-order valence-corrected chi connectivity index (χ0v) is 18.1. The average molecular weight is 516 g/mol. The molecule has 0 bridgehead atoms. The molecule has 0 radical (unpaired) electrons. The fourth-order valence-corrected chi connectivity index (χ4v) is 2.80. The van der Waals surface area contributed by atoms with E-state index in [1.165, 1.54) is 13.2 Å². The Kier molecular flexibility index (Phi) is 8.39. The molecular formula is C18H21IN4O6. The monoisotopic (exact) mass is 516 g/mol. The molecule has 0 atom stereocenters. The molecule has 0 aliphatic rings. The number of nitro groups is 1. The van der Waals surface area contributed by atoms with Crippen molar-refractivity contribution in [3.8, 4) is 5.88 Å². The van der Waals surface area contributed by atoms with Gasteiger partial charge >= 0.3 is 11.8 Å². The Bertz CT molecular complexity index is 862. The number of benzene rings is 1. The minimum Gasteiger partial charge on any atom is -0.475 e. The van der Waals surface area contributed by atoms with Crippen LogP contribution in [0, 0.1) is 13.7 Å². The summed E-state index contributed by atoms with van der Waals surface area (Å²) in [4.78, 5) is 28.6. The Morgan fingerprint density at radius 1 is 1.31 bits per heavy atom. The highest BCUT2D eigenvalue weighted by Crippen LogP contribution is 2.37. The molecule has 156 valence electrons. The maximum atomic E-state index is 12.6. The van der Waals surface area contributed by atoms with Gasteiger partial charge in [0.05, 0.1) is 24.7 Å². The molecular weight excluding hydrogens is 495 g/mol. The van der Waals surface area contributed by atoms with E-state index >= 15 is 0 Å². The number of carbonyl (C=O) groups is 1. The van der Waals surface area contributed by atoms with Crippen LogP contribution in [0.2, 0.25) is 0 Å². The molecule has 0 saturated heterocycles. The number of aromatic nitrogens is 1. The molecule has 0 fully saturated rings. The minimum atomic E-state index is -0.748. The molecule has 11 heteroatoms. The van der Waals surface area contributed by atoms with Crippen LogP contribution in [0.4, 0.5) is 22.0 Å². The van der Waals surface area contributed by atoms with E-state index in [1.807, 2.05) is 24.3 Å². The van der Waals surface area contributed by atoms with Crippen LogP contribution in [0.3, 0.4) is 0 Å². The molecule has 1 heterocycles. The third-order valence-corrected chi connectivity index (χ3v) is 4.45. The van der Waals surface area contributed by atoms with Crippen molar-refractivity contribution < 1.29 is 23.9 Å². The maximum Gasteiger partial charge on any atom is 0.414 e. The van der Waals surface area contributed by atoms with E-state index < -0.39 is 16.7 Å². The Hall–Kier alpha value is -2.67. The SMILES string of the molecule is CCOC(=O)N(Cc1ccc(I)cc1)c1cc(OCCOC)nc(N)c1[N+](=O)[O-]. The van der Waals surface area contributed by atoms with Gasteiger partial charge in [-0.25, -0.2) is 4.79 Å². The van der Waals surface area contributed by atoms with Crippen LogP contribution in [-0.2, 0) is 16.0 Å². The zero-order chi connectivity index (χ0) is 21.4. The molecule has 0 unspecified atom stereocenters. The second-order valence-corrected chi connectivity index (χ2v) is 6.97. The van der Waals surface area contributed by atoms with E-state index in [0.717, 1.165) is 14.0 Å². The van der Waals surface area contributed by atoms with E-state index in [-0.39, 0.29) is 43.8 Å². The summed E-state index contributed by atoms with van der Waals surface area (Å²) in [6.45, 7) is 2.25. The summed E-state index contributed by atoms with van der Waals surface area (Å²) in [5, 5.41) is 11.6. The fraction of sp³-hybridized carbons (Fsp3) is 0.333. The number of halogens is 1. The number of methoxy groups -OCH3 is 1. The highest BCUT2D eigenvalue weighted by molar-refractivity contribution is 14.1. The Balaban J connectivity index is 2.51. The first kappa shape index (κ1) is 22.6. The largest absolute Gasteiger partial charge is 0.475 e. The molecule has 0 spiro atoms. The number of hydrogen-bond acceptors (Lipinski definition) is 8. The predicted molar refractivity (Wildman–Crippen MR) is 115 cm³/mol. The standard InChI is InChI=1S/C18H21IN4O6/c1-3-28-18(24)22(11-12-4-6-13(19)7-5-12)14-10-15(29-9-8-27-2)21-17(20)16(14)23(25)26/h4-7,10H,3,8-9,11H2,1-2H3,(H2,20,21). The summed E-state index contributed by atoms with van der Waals surface area (Å²) in [5.74, 6) is -0.325. The lowest BCUT2D eigenvalue weighted by molar-refractivity contribution is -0.383. The van der Waals surface area contributed by atoms with Crippen molar-refractivity contribution in [2.45, 2.75) is 13.5 Å². The number of hydrogen-bond donors (Lipinski definition) is 1. The lowest BCUT2D eigenvalue weighted by atomic mass is 10.2. The number of nitrogens with zero attached hydrogens (tertiary/aromatic N) is 3. The van der Waals surface area contributed by atoms with E-state index in [9.17, 15) is 14.9 Å². The van der Waals surface area contributed by atoms with Crippen molar-refractivity contribution in [1.29, 1.82) is 0 Å². The first-order chi connectivity index (χ1) is 13.9. The van der Waals surface area contributed by atoms with Crippen molar-refractivity contribution in [2.24, 2.45) is 0 Å². The first-order valence-corrected chi connectivity index (χ1v) is 9.70. The molecule has 1 amide bonds. The summed E-state index contributed by atoms with van der Waals surface area (Å²) in [5.41, 5.74) is 6.00. The predicted octanol–water partition coefficient (Wildman–Crippen LogP) is 3.36. The molecule has 2 N–H and O–H groups in total. The number of nitrogens with two attached hydrogens (primary N) is 1. The number of nitrogen functional groups attached to an aromatic ring is 1. The zero-order valence-electron chi connectivity index (χ0n) is 16.0. The van der Waals surface area contributed by atoms with Crippen LogP contribution >= 0.6 is 22.6 Å². The van der Waals surface area contributed by atoms with Gasteiger partial charge in [-0.05, 0) is 47.2 Å². The molecule has 29 heavy (non-hydrogen) atoms. The van der Waals surface area contributed by atoms with Crippen LogP contribution in [0.5, 0.6) is 5.88 Å². The molecule has 2 rings (SSSR count). The van der Waals surface area contributed by atoms with Crippen LogP contribution < -0.4 is 15.4 Å². The summed E-state index contributed by atoms with van der Waals surface area (Å²) >= 11 is 2.16. The Morgan fingerprint density at radius 2 is 2.00 bits per heavy atom. The number of pyridine rings is 1. The second kappa shape index (κ2) is 10.8. The lowest BCUT2D eigenvalue weighted by Gasteiger charge is -2.22. The van der Waals surface area contributed by atoms with Crippen LogP contribution in [-0.4, -0.2) is 42.9 Å². The van der Waals surface area contributed by atoms with Crippen LogP contribution in [0.15, 0.2) is 30.3 Å². The van der Waals surface area contributed by atoms with Gasteiger partial charge in [-0.1, -0.05) is 12.1 Å². The Labute approximate surface area is 181 Å². The third kappa shape index (κ3) is 6.15. The number of carbonyl (C=O) groups excluding carboxylic acids is 1. The van der Waals surface area contributed by atoms with Gasteiger partial charge < -0.3 is 19.9 Å². The van der Waals surface area contributed by atoms with E-state index in [1.54, 1.807) is 6.92 Å². The highest BCUT2D eigenvalue weighted by atomic mass is 127. The maximum absolute atomic E-state index is 12.6. The van der Waals surface area contributed by atoms with Crippen molar-refractivity contribution in [3.05, 3.63) is 49.6 Å². The van der Waals surface area contributed by atoms with Gasteiger partial charge in [-0.15, -0.1) is 0 Å². The van der Waals surface area contributed by atoms with Crippen molar-refractivity contribution in [1.82, 2.24) is 4.98 Å². The number of rotatable bonds is 9. The normalized spacial score (nSPS) is 10.4. The molecule has 0 aliphatic heterocycles. The fourth-order valence-electron chi connectivity index (χ4n) is 2.44. The molecule has 10 nitrogen and oxygen atoms in total. The van der Waals surface area contributed by atoms with Gasteiger partial charge in [0, 0.05) is 16.7 Å². The van der Waals surface area contributed by atoms with Gasteiger partial charge in [0.2, 0.25) is 11.7 Å². The van der Waals surface area contributed by atoms with Gasteiger partial charge in [-0.3, -0.25) is 15.0 Å².